The van der Waals surface area contributed by atoms with E-state index in [0.717, 1.165) is 24.3 Å². The number of nitrogens with one attached hydrogen (secondary N) is 2. The number of benzene rings is 1. The van der Waals surface area contributed by atoms with Crippen molar-refractivity contribution in [2.75, 3.05) is 41.3 Å². The first-order valence-electron chi connectivity index (χ1n) is 7.35. The van der Waals surface area contributed by atoms with Crippen molar-refractivity contribution in [3.8, 4) is 5.75 Å². The molecule has 0 radical (unpaired) electrons. The van der Waals surface area contributed by atoms with E-state index in [1.54, 1.807) is 33.2 Å². The number of aliphatic imine (C=N–C) groups is 1. The Hall–Kier alpha value is -2.24. The summed E-state index contributed by atoms with van der Waals surface area (Å²) in [5.74, 6) is 1.68. The molecule has 2 N–H and O–H groups in total. The van der Waals surface area contributed by atoms with Gasteiger partial charge in [0.2, 0.25) is 5.91 Å². The van der Waals surface area contributed by atoms with Gasteiger partial charge < -0.3 is 20.3 Å². The quantitative estimate of drug-likeness (QED) is 0.580. The summed E-state index contributed by atoms with van der Waals surface area (Å²) < 4.78 is 5.33. The summed E-state index contributed by atoms with van der Waals surface area (Å²) in [7, 11) is 6.89. The lowest BCUT2D eigenvalue weighted by Crippen LogP contribution is -2.40. The molecule has 1 amide bonds. The number of ether oxygens (including phenoxy) is 1. The van der Waals surface area contributed by atoms with Gasteiger partial charge in [-0.25, -0.2) is 0 Å². The summed E-state index contributed by atoms with van der Waals surface area (Å²) in [4.78, 5) is 17.2. The van der Waals surface area contributed by atoms with Crippen LogP contribution in [0.1, 0.15) is 12.0 Å². The molecule has 0 atom stereocenters. The predicted octanol–water partition coefficient (Wildman–Crippen LogP) is 0.881. The van der Waals surface area contributed by atoms with E-state index >= 15 is 0 Å². The molecule has 0 bridgehead atoms. The molecule has 0 saturated heterocycles. The van der Waals surface area contributed by atoms with Gasteiger partial charge in [0.15, 0.2) is 5.96 Å². The Morgan fingerprint density at radius 2 is 1.91 bits per heavy atom. The van der Waals surface area contributed by atoms with Crippen LogP contribution >= 0.6 is 0 Å². The van der Waals surface area contributed by atoms with Crippen LogP contribution < -0.4 is 15.4 Å². The van der Waals surface area contributed by atoms with E-state index in [0.29, 0.717) is 18.9 Å². The molecule has 0 fully saturated rings. The maximum absolute atomic E-state index is 11.5. The summed E-state index contributed by atoms with van der Waals surface area (Å²) in [6.07, 6.45) is 1.28. The lowest BCUT2D eigenvalue weighted by atomic mass is 10.1. The number of methoxy groups -OCH3 is 1. The fourth-order valence-electron chi connectivity index (χ4n) is 1.96. The Morgan fingerprint density at radius 3 is 2.55 bits per heavy atom. The first-order chi connectivity index (χ1) is 10.6. The second-order valence-electron chi connectivity index (χ2n) is 5.03. The molecule has 22 heavy (non-hydrogen) atoms. The third kappa shape index (κ3) is 6.03. The minimum atomic E-state index is 0.0944. The highest BCUT2D eigenvalue weighted by molar-refractivity contribution is 5.81. The monoisotopic (exact) mass is 306 g/mol. The molecule has 0 aliphatic carbocycles. The number of nitrogens with zero attached hydrogens (tertiary/aromatic N) is 2. The van der Waals surface area contributed by atoms with Crippen LogP contribution in [0.5, 0.6) is 5.75 Å². The zero-order valence-electron chi connectivity index (χ0n) is 13.8. The maximum Gasteiger partial charge on any atom is 0.223 e. The molecule has 1 rings (SSSR count). The first kappa shape index (κ1) is 17.8. The maximum atomic E-state index is 11.5. The van der Waals surface area contributed by atoms with Crippen LogP contribution in [0.15, 0.2) is 29.3 Å². The highest BCUT2D eigenvalue weighted by Gasteiger charge is 2.05. The standard InChI is InChI=1S/C16H26N4O2/c1-17-16(19-12-10-15(21)20(2)3)18-11-9-13-7-5-6-8-14(13)22-4/h5-8H,9-12H2,1-4H3,(H2,17,18,19). The van der Waals surface area contributed by atoms with Gasteiger partial charge in [-0.05, 0) is 18.1 Å². The molecule has 6 heteroatoms. The van der Waals surface area contributed by atoms with Gasteiger partial charge in [0.25, 0.3) is 0 Å². The SMILES string of the molecule is CN=C(NCCC(=O)N(C)C)NCCc1ccccc1OC. The van der Waals surface area contributed by atoms with Gasteiger partial charge in [-0.3, -0.25) is 9.79 Å². The molecule has 1 aromatic rings. The smallest absolute Gasteiger partial charge is 0.223 e. The van der Waals surface area contributed by atoms with Crippen LogP contribution in [0.25, 0.3) is 0 Å². The minimum Gasteiger partial charge on any atom is -0.496 e. The normalized spacial score (nSPS) is 11.0. The van der Waals surface area contributed by atoms with Crippen LogP contribution in [0.2, 0.25) is 0 Å². The second-order valence-corrected chi connectivity index (χ2v) is 5.03. The van der Waals surface area contributed by atoms with E-state index in [2.05, 4.69) is 15.6 Å². The van der Waals surface area contributed by atoms with Crippen molar-refractivity contribution >= 4 is 11.9 Å². The van der Waals surface area contributed by atoms with Gasteiger partial charge in [-0.1, -0.05) is 18.2 Å². The van der Waals surface area contributed by atoms with E-state index in [1.165, 1.54) is 0 Å². The predicted molar refractivity (Wildman–Crippen MR) is 89.4 cm³/mol. The lowest BCUT2D eigenvalue weighted by molar-refractivity contribution is -0.128. The van der Waals surface area contributed by atoms with Gasteiger partial charge in [0.1, 0.15) is 5.75 Å². The number of carbonyl (C=O) groups is 1. The van der Waals surface area contributed by atoms with Gasteiger partial charge in [-0.15, -0.1) is 0 Å². The van der Waals surface area contributed by atoms with Gasteiger partial charge in [-0.2, -0.15) is 0 Å². The lowest BCUT2D eigenvalue weighted by Gasteiger charge is -2.14. The average molecular weight is 306 g/mol. The Morgan fingerprint density at radius 1 is 1.23 bits per heavy atom. The molecule has 6 nitrogen and oxygen atoms in total. The third-order valence-electron chi connectivity index (χ3n) is 3.23. The minimum absolute atomic E-state index is 0.0944. The summed E-state index contributed by atoms with van der Waals surface area (Å²) in [5, 5.41) is 6.36. The molecule has 0 aromatic heterocycles. The summed E-state index contributed by atoms with van der Waals surface area (Å²) in [5.41, 5.74) is 1.15. The van der Waals surface area contributed by atoms with Crippen molar-refractivity contribution in [2.45, 2.75) is 12.8 Å². The molecular formula is C16H26N4O2. The average Bonchev–Trinajstić information content (AvgIpc) is 2.53. The fourth-order valence-corrected chi connectivity index (χ4v) is 1.96. The summed E-state index contributed by atoms with van der Waals surface area (Å²) in [6.45, 7) is 1.30. The molecule has 0 saturated carbocycles. The Bertz CT molecular complexity index is 501. The number of guanidine groups is 1. The highest BCUT2D eigenvalue weighted by atomic mass is 16.5. The van der Waals surface area contributed by atoms with Crippen LogP contribution in [-0.4, -0.2) is 58.1 Å². The third-order valence-corrected chi connectivity index (χ3v) is 3.23. The molecule has 0 aliphatic rings. The molecule has 122 valence electrons. The van der Waals surface area contributed by atoms with Gasteiger partial charge >= 0.3 is 0 Å². The van der Waals surface area contributed by atoms with Crippen molar-refractivity contribution in [2.24, 2.45) is 4.99 Å². The molecule has 0 aliphatic heterocycles. The van der Waals surface area contributed by atoms with Crippen molar-refractivity contribution in [3.63, 3.8) is 0 Å². The fraction of sp³-hybridized carbons (Fsp3) is 0.500. The molecule has 0 heterocycles. The number of carbonyl (C=O) groups excluding carboxylic acids is 1. The Kier molecular flexibility index (Phi) is 7.81. The number of hydrogen-bond acceptors (Lipinski definition) is 3. The number of amides is 1. The van der Waals surface area contributed by atoms with E-state index in [1.807, 2.05) is 24.3 Å². The number of para-hydroxylation sites is 1. The van der Waals surface area contributed by atoms with E-state index in [4.69, 9.17) is 4.74 Å². The van der Waals surface area contributed by atoms with Crippen molar-refractivity contribution in [1.29, 1.82) is 0 Å². The second kappa shape index (κ2) is 9.65. The Labute approximate surface area is 132 Å². The van der Waals surface area contributed by atoms with Crippen molar-refractivity contribution in [1.82, 2.24) is 15.5 Å². The van der Waals surface area contributed by atoms with Crippen molar-refractivity contribution < 1.29 is 9.53 Å². The van der Waals surface area contributed by atoms with Crippen LogP contribution in [0.3, 0.4) is 0 Å². The van der Waals surface area contributed by atoms with Crippen LogP contribution in [0.4, 0.5) is 0 Å². The van der Waals surface area contributed by atoms with E-state index in [-0.39, 0.29) is 5.91 Å². The Balaban J connectivity index is 2.34. The molecular weight excluding hydrogens is 280 g/mol. The molecule has 1 aromatic carbocycles. The molecule has 0 unspecified atom stereocenters. The topological polar surface area (TPSA) is 66.0 Å². The summed E-state index contributed by atoms with van der Waals surface area (Å²) in [6, 6.07) is 7.96. The zero-order chi connectivity index (χ0) is 16.4. The largest absolute Gasteiger partial charge is 0.496 e. The zero-order valence-corrected chi connectivity index (χ0v) is 13.8. The van der Waals surface area contributed by atoms with Gasteiger partial charge in [0.05, 0.1) is 7.11 Å². The van der Waals surface area contributed by atoms with E-state index < -0.39 is 0 Å². The van der Waals surface area contributed by atoms with E-state index in [9.17, 15) is 4.79 Å². The molecule has 0 spiro atoms. The number of rotatable bonds is 7. The highest BCUT2D eigenvalue weighted by Crippen LogP contribution is 2.17. The van der Waals surface area contributed by atoms with Crippen molar-refractivity contribution in [3.05, 3.63) is 29.8 Å². The van der Waals surface area contributed by atoms with Gasteiger partial charge in [0, 0.05) is 40.7 Å². The van der Waals surface area contributed by atoms with Crippen LogP contribution in [0, 0.1) is 0 Å². The number of hydrogen-bond donors (Lipinski definition) is 2. The first-order valence-corrected chi connectivity index (χ1v) is 7.35. The summed E-state index contributed by atoms with van der Waals surface area (Å²) >= 11 is 0. The van der Waals surface area contributed by atoms with Crippen LogP contribution in [-0.2, 0) is 11.2 Å².